The second-order valence-electron chi connectivity index (χ2n) is 12.6. The quantitative estimate of drug-likeness (QED) is 0.0379. The van der Waals surface area contributed by atoms with Crippen LogP contribution in [0.15, 0.2) is 57.0 Å². The number of halogens is 4. The van der Waals surface area contributed by atoms with E-state index in [1.165, 1.54) is 10.8 Å². The molecule has 0 spiro atoms. The van der Waals surface area contributed by atoms with Crippen molar-refractivity contribution in [3.63, 3.8) is 0 Å². The number of thiazole rings is 2. The average molecular weight is 1080 g/mol. The van der Waals surface area contributed by atoms with Crippen molar-refractivity contribution in [1.82, 2.24) is 19.8 Å². The molecule has 31 heteroatoms. The number of urea groups is 2. The van der Waals surface area contributed by atoms with Gasteiger partial charge in [0.1, 0.15) is 56.1 Å². The number of nitrogens with one attached hydrogen (secondary N) is 4. The van der Waals surface area contributed by atoms with Crippen molar-refractivity contribution < 1.29 is 81.1 Å². The van der Waals surface area contributed by atoms with E-state index >= 15 is 0 Å². The van der Waals surface area contributed by atoms with Crippen LogP contribution in [-0.4, -0.2) is 118 Å². The Morgan fingerprint density at radius 2 is 1.00 bits per heavy atom. The summed E-state index contributed by atoms with van der Waals surface area (Å²) in [6, 6.07) is 3.42. The van der Waals surface area contributed by atoms with Gasteiger partial charge in [0.15, 0.2) is 10.3 Å². The molecule has 4 heterocycles. The zero-order valence-electron chi connectivity index (χ0n) is 34.7. The summed E-state index contributed by atoms with van der Waals surface area (Å²) in [7, 11) is 0. The summed E-state index contributed by atoms with van der Waals surface area (Å²) in [6.07, 6.45) is 0. The molecule has 8 N–H and O–H groups in total. The van der Waals surface area contributed by atoms with E-state index in [4.69, 9.17) is 44.1 Å². The highest BCUT2D eigenvalue weighted by atomic mass is 32.2. The largest absolute Gasteiger partial charge is 0.480 e. The van der Waals surface area contributed by atoms with Crippen molar-refractivity contribution in [2.75, 3.05) is 47.6 Å². The number of carbonyl (C=O) groups excluding carboxylic acids is 6. The number of rotatable bonds is 14. The Bertz CT molecular complexity index is 2650. The number of aliphatic carboxylic acids is 2. The average Bonchev–Trinajstić information content (AvgIpc) is 4.03. The maximum Gasteiger partial charge on any atom is 0.341 e. The van der Waals surface area contributed by atoms with E-state index in [0.29, 0.717) is 12.1 Å². The van der Waals surface area contributed by atoms with E-state index in [1.807, 2.05) is 0 Å². The monoisotopic (exact) mass is 1070 g/mol. The molecule has 69 heavy (non-hydrogen) atoms. The van der Waals surface area contributed by atoms with Gasteiger partial charge in [0, 0.05) is 22.9 Å². The molecule has 2 fully saturated rings. The Morgan fingerprint density at radius 1 is 0.638 bits per heavy atom. The maximum atomic E-state index is 13.7. The number of nitrogens with zero attached hydrogens (tertiary/aromatic N) is 4. The lowest BCUT2D eigenvalue weighted by molar-refractivity contribution is -0.140. The summed E-state index contributed by atoms with van der Waals surface area (Å²) >= 11 is 13.3. The van der Waals surface area contributed by atoms with Gasteiger partial charge in [-0.25, -0.2) is 46.7 Å². The molecular formula is C38H30F4N8O13S6. The van der Waals surface area contributed by atoms with E-state index in [-0.39, 0.29) is 81.3 Å². The van der Waals surface area contributed by atoms with E-state index in [0.717, 1.165) is 80.3 Å². The van der Waals surface area contributed by atoms with Gasteiger partial charge >= 0.3 is 35.9 Å². The highest BCUT2D eigenvalue weighted by Crippen LogP contribution is 2.39. The third-order valence-corrected chi connectivity index (χ3v) is 12.4. The van der Waals surface area contributed by atoms with Crippen LogP contribution < -0.4 is 21.3 Å². The van der Waals surface area contributed by atoms with Gasteiger partial charge < -0.3 is 35.8 Å². The van der Waals surface area contributed by atoms with E-state index < -0.39 is 84.1 Å². The number of hydrogen-bond donors (Lipinski definition) is 6. The fourth-order valence-electron chi connectivity index (χ4n) is 5.25. The van der Waals surface area contributed by atoms with Crippen LogP contribution >= 0.6 is 70.6 Å². The molecule has 0 atom stereocenters. The fraction of sp³-hybridized carbons (Fsp3) is 0.158. The molecule has 6 rings (SSSR count). The van der Waals surface area contributed by atoms with Crippen LogP contribution in [-0.2, 0) is 38.2 Å². The Balaban J connectivity index is 0.000000296. The van der Waals surface area contributed by atoms with Crippen LogP contribution in [0.4, 0.5) is 48.8 Å². The van der Waals surface area contributed by atoms with Gasteiger partial charge in [0.05, 0.1) is 45.8 Å². The van der Waals surface area contributed by atoms with E-state index in [2.05, 4.69) is 31.2 Å². The molecule has 2 aromatic carbocycles. The molecule has 6 amide bonds. The summed E-state index contributed by atoms with van der Waals surface area (Å²) in [4.78, 5) is 107. The zero-order chi connectivity index (χ0) is 50.0. The number of hydrogen-bond acceptors (Lipinski definition) is 18. The number of aromatic nitrogens is 2. The van der Waals surface area contributed by atoms with Crippen LogP contribution in [0, 0.1) is 23.3 Å². The topological polar surface area (TPSA) is 307 Å². The summed E-state index contributed by atoms with van der Waals surface area (Å²) in [5, 5.41) is 29.8. The number of carbonyl (C=O) groups is 8. The molecule has 21 nitrogen and oxygen atoms in total. The molecule has 0 unspecified atom stereocenters. The standard InChI is InChI=1S/2C19H14F2N4O6S3.H2O/c2*1-2-31-16(29)13(14-15(28)25(6-12(26)27)19(32)34-14)11-7-33-18(23-11)24-17(30)22-10-4-3-8(20)5-9(10)21;/h2*3-5,7H,2,6H2,1H3,(H,26,27)(H2,22,23,24,30);1H2. The predicted octanol–water partition coefficient (Wildman–Crippen LogP) is 5.74. The smallest absolute Gasteiger partial charge is 0.341 e. The second kappa shape index (κ2) is 24.4. The molecule has 0 bridgehead atoms. The number of benzene rings is 2. The third-order valence-electron chi connectivity index (χ3n) is 8.02. The Hall–Kier alpha value is -6.90. The van der Waals surface area contributed by atoms with E-state index in [1.54, 1.807) is 13.8 Å². The first-order valence-corrected chi connectivity index (χ1v) is 22.7. The van der Waals surface area contributed by atoms with Gasteiger partial charge in [-0.1, -0.05) is 48.0 Å². The Kier molecular flexibility index (Phi) is 19.3. The summed E-state index contributed by atoms with van der Waals surface area (Å²) in [5.74, 6) is -9.56. The van der Waals surface area contributed by atoms with Crippen LogP contribution in [0.5, 0.6) is 0 Å². The molecule has 2 saturated heterocycles. The summed E-state index contributed by atoms with van der Waals surface area (Å²) in [6.45, 7) is 1.70. The van der Waals surface area contributed by atoms with Gasteiger partial charge in [-0.15, -0.1) is 22.7 Å². The first kappa shape index (κ1) is 54.7. The minimum absolute atomic E-state index is 0. The first-order chi connectivity index (χ1) is 32.2. The van der Waals surface area contributed by atoms with Crippen LogP contribution in [0.3, 0.4) is 0 Å². The molecule has 2 aliphatic rings. The van der Waals surface area contributed by atoms with Crippen molar-refractivity contribution in [3.8, 4) is 0 Å². The molecule has 0 saturated carbocycles. The molecule has 2 aliphatic heterocycles. The number of ether oxygens (including phenoxy) is 2. The Labute approximate surface area is 411 Å². The van der Waals surface area contributed by atoms with Gasteiger partial charge in [-0.2, -0.15) is 0 Å². The van der Waals surface area contributed by atoms with Crippen LogP contribution in [0.25, 0.3) is 11.1 Å². The molecule has 364 valence electrons. The highest BCUT2D eigenvalue weighted by molar-refractivity contribution is 8.27. The van der Waals surface area contributed by atoms with Crippen molar-refractivity contribution in [1.29, 1.82) is 0 Å². The number of thiocarbonyl (C=S) groups is 2. The number of thioether (sulfide) groups is 2. The van der Waals surface area contributed by atoms with Gasteiger partial charge in [0.2, 0.25) is 0 Å². The van der Waals surface area contributed by atoms with Crippen molar-refractivity contribution >= 4 is 160 Å². The lowest BCUT2D eigenvalue weighted by atomic mass is 10.2. The first-order valence-electron chi connectivity index (χ1n) is 18.5. The third kappa shape index (κ3) is 14.1. The summed E-state index contributed by atoms with van der Waals surface area (Å²) < 4.78 is 63.4. The lowest BCUT2D eigenvalue weighted by Gasteiger charge is -2.11. The normalized spacial score (nSPS) is 14.5. The molecule has 0 aliphatic carbocycles. The highest BCUT2D eigenvalue weighted by Gasteiger charge is 2.40. The minimum atomic E-state index is -1.29. The van der Waals surface area contributed by atoms with Gasteiger partial charge in [-0.3, -0.25) is 39.6 Å². The predicted molar refractivity (Wildman–Crippen MR) is 252 cm³/mol. The second-order valence-corrected chi connectivity index (χ2v) is 17.6. The molecular weight excluding hydrogens is 1040 g/mol. The van der Waals surface area contributed by atoms with Crippen LogP contribution in [0.1, 0.15) is 25.2 Å². The van der Waals surface area contributed by atoms with Crippen molar-refractivity contribution in [2.45, 2.75) is 13.8 Å². The summed E-state index contributed by atoms with van der Waals surface area (Å²) in [5.41, 5.74) is -1.09. The number of esters is 2. The van der Waals surface area contributed by atoms with Gasteiger partial charge in [0.25, 0.3) is 11.8 Å². The van der Waals surface area contributed by atoms with Crippen molar-refractivity contribution in [3.05, 3.63) is 91.6 Å². The minimum Gasteiger partial charge on any atom is -0.480 e. The number of carboxylic acid groups (broad SMARTS) is 2. The maximum absolute atomic E-state index is 13.7. The fourth-order valence-corrected chi connectivity index (χ4v) is 9.28. The molecule has 2 aromatic heterocycles. The number of amides is 6. The lowest BCUT2D eigenvalue weighted by Crippen LogP contribution is -2.33. The molecule has 4 aromatic rings. The Morgan fingerprint density at radius 3 is 1.32 bits per heavy atom. The van der Waals surface area contributed by atoms with Crippen LogP contribution in [0.2, 0.25) is 0 Å². The van der Waals surface area contributed by atoms with Crippen molar-refractivity contribution in [2.24, 2.45) is 0 Å². The van der Waals surface area contributed by atoms with E-state index in [9.17, 15) is 55.9 Å². The zero-order valence-corrected chi connectivity index (χ0v) is 39.6. The molecule has 0 radical (unpaired) electrons. The number of carboxylic acids is 2. The number of anilines is 4. The van der Waals surface area contributed by atoms with Gasteiger partial charge in [-0.05, 0) is 38.1 Å². The SMILES string of the molecule is CCOC(=O)C(=C1SC(=S)N(CC(=O)O)C1=O)c1csc(NC(=O)Nc2ccc(F)cc2F)n1.CCOC(=O)C(=C1SC(=S)N(CC(=O)O)C1=O)c1csc(NC(=O)Nc2ccc(F)cc2F)n1.O.